The van der Waals surface area contributed by atoms with Crippen molar-refractivity contribution >= 4 is 11.8 Å². The Hall–Kier alpha value is -3.02. The summed E-state index contributed by atoms with van der Waals surface area (Å²) < 4.78 is 10.8. The predicted molar refractivity (Wildman–Crippen MR) is 111 cm³/mol. The van der Waals surface area contributed by atoms with Crippen LogP contribution in [0.5, 0.6) is 11.5 Å². The zero-order valence-corrected chi connectivity index (χ0v) is 17.4. The fourth-order valence-electron chi connectivity index (χ4n) is 4.05. The van der Waals surface area contributed by atoms with Crippen molar-refractivity contribution in [1.29, 1.82) is 0 Å². The van der Waals surface area contributed by atoms with E-state index in [-0.39, 0.29) is 24.3 Å². The molecule has 0 spiro atoms. The molecule has 2 aromatic carbocycles. The van der Waals surface area contributed by atoms with E-state index in [4.69, 9.17) is 9.47 Å². The summed E-state index contributed by atoms with van der Waals surface area (Å²) in [6, 6.07) is 15.1. The van der Waals surface area contributed by atoms with Crippen molar-refractivity contribution in [2.24, 2.45) is 5.92 Å². The van der Waals surface area contributed by atoms with Gasteiger partial charge >= 0.3 is 0 Å². The Kier molecular flexibility index (Phi) is 6.42. The van der Waals surface area contributed by atoms with E-state index < -0.39 is 5.92 Å². The molecule has 0 radical (unpaired) electrons. The molecule has 0 saturated carbocycles. The maximum absolute atomic E-state index is 13.3. The van der Waals surface area contributed by atoms with Gasteiger partial charge in [-0.25, -0.2) is 0 Å². The Morgan fingerprint density at radius 2 is 1.79 bits per heavy atom. The molecular weight excluding hydrogens is 368 g/mol. The van der Waals surface area contributed by atoms with Gasteiger partial charge in [-0.2, -0.15) is 0 Å². The number of carbonyl (C=O) groups is 2. The second-order valence-corrected chi connectivity index (χ2v) is 7.23. The van der Waals surface area contributed by atoms with Crippen molar-refractivity contribution in [3.05, 3.63) is 59.7 Å². The molecule has 0 unspecified atom stereocenters. The zero-order valence-electron chi connectivity index (χ0n) is 17.4. The third kappa shape index (κ3) is 4.21. The van der Waals surface area contributed by atoms with Crippen LogP contribution in [0.25, 0.3) is 0 Å². The number of amides is 2. The van der Waals surface area contributed by atoms with Gasteiger partial charge in [-0.3, -0.25) is 9.59 Å². The lowest BCUT2D eigenvalue weighted by atomic mass is 9.92. The van der Waals surface area contributed by atoms with Crippen LogP contribution >= 0.6 is 0 Å². The van der Waals surface area contributed by atoms with Gasteiger partial charge in [-0.15, -0.1) is 0 Å². The van der Waals surface area contributed by atoms with Gasteiger partial charge in [0.25, 0.3) is 0 Å². The number of rotatable bonds is 7. The minimum Gasteiger partial charge on any atom is -0.493 e. The van der Waals surface area contributed by atoms with Crippen LogP contribution in [-0.2, 0) is 16.1 Å². The van der Waals surface area contributed by atoms with E-state index in [1.54, 1.807) is 31.1 Å². The summed E-state index contributed by atoms with van der Waals surface area (Å²) in [5.41, 5.74) is 1.93. The highest BCUT2D eigenvalue weighted by atomic mass is 16.5. The van der Waals surface area contributed by atoms with Crippen LogP contribution in [0.15, 0.2) is 48.5 Å². The topological polar surface area (TPSA) is 59.1 Å². The van der Waals surface area contributed by atoms with Crippen molar-refractivity contribution in [1.82, 2.24) is 9.80 Å². The van der Waals surface area contributed by atoms with Crippen LogP contribution in [0.4, 0.5) is 0 Å². The predicted octanol–water partition coefficient (Wildman–Crippen LogP) is 3.27. The van der Waals surface area contributed by atoms with Crippen LogP contribution in [-0.4, -0.2) is 49.4 Å². The maximum atomic E-state index is 13.3. The molecule has 2 atom stereocenters. The average molecular weight is 396 g/mol. The van der Waals surface area contributed by atoms with E-state index in [0.29, 0.717) is 24.6 Å². The van der Waals surface area contributed by atoms with Gasteiger partial charge < -0.3 is 19.3 Å². The molecule has 1 saturated heterocycles. The first-order chi connectivity index (χ1) is 14.0. The van der Waals surface area contributed by atoms with Crippen LogP contribution in [0.3, 0.4) is 0 Å². The summed E-state index contributed by atoms with van der Waals surface area (Å²) in [6.07, 6.45) is 0.213. The average Bonchev–Trinajstić information content (AvgIpc) is 3.09. The fraction of sp³-hybridized carbons (Fsp3) is 0.391. The number of hydrogen-bond acceptors (Lipinski definition) is 4. The van der Waals surface area contributed by atoms with Crippen molar-refractivity contribution in [3.63, 3.8) is 0 Å². The van der Waals surface area contributed by atoms with Crippen molar-refractivity contribution in [3.8, 4) is 11.5 Å². The molecule has 154 valence electrons. The smallest absolute Gasteiger partial charge is 0.228 e. The second-order valence-electron chi connectivity index (χ2n) is 7.23. The van der Waals surface area contributed by atoms with Crippen LogP contribution < -0.4 is 9.47 Å². The third-order valence-corrected chi connectivity index (χ3v) is 5.48. The number of likely N-dealkylation sites (tertiary alicyclic amines) is 1. The van der Waals surface area contributed by atoms with E-state index >= 15 is 0 Å². The normalized spacial score (nSPS) is 18.6. The molecule has 0 N–H and O–H groups in total. The molecule has 3 rings (SSSR count). The molecule has 1 aliphatic rings. The largest absolute Gasteiger partial charge is 0.493 e. The number of benzene rings is 2. The molecule has 6 heteroatoms. The van der Waals surface area contributed by atoms with Gasteiger partial charge in [0.05, 0.1) is 26.2 Å². The summed E-state index contributed by atoms with van der Waals surface area (Å²) in [6.45, 7) is 2.99. The first-order valence-electron chi connectivity index (χ1n) is 9.80. The molecule has 29 heavy (non-hydrogen) atoms. The summed E-state index contributed by atoms with van der Waals surface area (Å²) in [5.74, 6) is 0.739. The number of methoxy groups -OCH3 is 2. The van der Waals surface area contributed by atoms with Gasteiger partial charge in [0.1, 0.15) is 0 Å². The number of ether oxygens (including phenoxy) is 2. The quantitative estimate of drug-likeness (QED) is 0.721. The molecular formula is C23H28N2O4. The number of hydrogen-bond donors (Lipinski definition) is 0. The summed E-state index contributed by atoms with van der Waals surface area (Å²) in [5, 5.41) is 0. The van der Waals surface area contributed by atoms with Crippen LogP contribution in [0.1, 0.15) is 30.5 Å². The molecule has 0 bridgehead atoms. The zero-order chi connectivity index (χ0) is 21.0. The van der Waals surface area contributed by atoms with Crippen LogP contribution in [0, 0.1) is 5.92 Å². The van der Waals surface area contributed by atoms with Gasteiger partial charge in [0.2, 0.25) is 11.8 Å². The van der Waals surface area contributed by atoms with Crippen molar-refractivity contribution < 1.29 is 19.1 Å². The van der Waals surface area contributed by atoms with E-state index in [9.17, 15) is 9.59 Å². The third-order valence-electron chi connectivity index (χ3n) is 5.48. The van der Waals surface area contributed by atoms with Gasteiger partial charge in [0.15, 0.2) is 11.5 Å². The minimum atomic E-state index is -0.436. The Morgan fingerprint density at radius 3 is 2.41 bits per heavy atom. The second kappa shape index (κ2) is 8.99. The Bertz CT molecular complexity index is 868. The molecule has 0 aromatic heterocycles. The first-order valence-corrected chi connectivity index (χ1v) is 9.80. The first kappa shape index (κ1) is 20.7. The van der Waals surface area contributed by atoms with E-state index in [0.717, 1.165) is 11.1 Å². The summed E-state index contributed by atoms with van der Waals surface area (Å²) >= 11 is 0. The highest BCUT2D eigenvalue weighted by Gasteiger charge is 2.44. The van der Waals surface area contributed by atoms with E-state index in [1.165, 1.54) is 0 Å². The summed E-state index contributed by atoms with van der Waals surface area (Å²) in [7, 11) is 4.95. The molecule has 2 aromatic rings. The Morgan fingerprint density at radius 1 is 1.10 bits per heavy atom. The van der Waals surface area contributed by atoms with Crippen molar-refractivity contribution in [2.45, 2.75) is 25.9 Å². The standard InChI is InChI=1S/C23H28N2O4/c1-5-25-21(26)14-18(23(27)24(2)15-16-9-7-6-8-10-16)22(25)17-11-12-19(28-3)20(13-17)29-4/h6-13,18,22H,5,14-15H2,1-4H3/t18-,22+/m1/s1. The highest BCUT2D eigenvalue weighted by molar-refractivity contribution is 5.90. The van der Waals surface area contributed by atoms with Crippen molar-refractivity contribution in [2.75, 3.05) is 27.8 Å². The van der Waals surface area contributed by atoms with Gasteiger partial charge in [-0.1, -0.05) is 36.4 Å². The summed E-state index contributed by atoms with van der Waals surface area (Å²) in [4.78, 5) is 29.5. The fourth-order valence-corrected chi connectivity index (χ4v) is 4.05. The van der Waals surface area contributed by atoms with Gasteiger partial charge in [0, 0.05) is 26.6 Å². The molecule has 0 aliphatic carbocycles. The highest BCUT2D eigenvalue weighted by Crippen LogP contribution is 2.41. The lowest BCUT2D eigenvalue weighted by Crippen LogP contribution is -2.36. The monoisotopic (exact) mass is 396 g/mol. The molecule has 1 heterocycles. The van der Waals surface area contributed by atoms with E-state index in [2.05, 4.69) is 0 Å². The maximum Gasteiger partial charge on any atom is 0.228 e. The van der Waals surface area contributed by atoms with E-state index in [1.807, 2.05) is 55.5 Å². The Labute approximate surface area is 172 Å². The number of nitrogens with zero attached hydrogens (tertiary/aromatic N) is 2. The lowest BCUT2D eigenvalue weighted by Gasteiger charge is -2.30. The molecule has 1 aliphatic heterocycles. The molecule has 1 fully saturated rings. The molecule has 6 nitrogen and oxygen atoms in total. The minimum absolute atomic E-state index is 0.00116. The SMILES string of the molecule is CCN1C(=O)C[C@@H](C(=O)N(C)Cc2ccccc2)[C@@H]1c1ccc(OC)c(OC)c1. The lowest BCUT2D eigenvalue weighted by molar-refractivity contribution is -0.135. The number of carbonyl (C=O) groups excluding carboxylic acids is 2. The van der Waals surface area contributed by atoms with Gasteiger partial charge in [-0.05, 0) is 30.2 Å². The Balaban J connectivity index is 1.90. The van der Waals surface area contributed by atoms with Crippen LogP contribution in [0.2, 0.25) is 0 Å². The molecule has 2 amide bonds.